The summed E-state index contributed by atoms with van der Waals surface area (Å²) in [6.07, 6.45) is 7.99. The van der Waals surface area contributed by atoms with E-state index in [0.717, 1.165) is 70.7 Å². The third kappa shape index (κ3) is 10.9. The molecule has 4 aromatic rings. The van der Waals surface area contributed by atoms with E-state index < -0.39 is 45.7 Å². The summed E-state index contributed by atoms with van der Waals surface area (Å²) >= 11 is 3.64. The molecule has 0 amide bonds. The minimum Gasteiger partial charge on any atom is -0.775 e. The molecule has 0 saturated heterocycles. The van der Waals surface area contributed by atoms with Crippen LogP contribution in [0, 0.1) is 27.0 Å². The molecule has 354 valence electrons. The van der Waals surface area contributed by atoms with E-state index >= 15 is 0 Å². The Kier molecular flexibility index (Phi) is 17.5. The van der Waals surface area contributed by atoms with Crippen molar-refractivity contribution >= 4 is 71.4 Å². The van der Waals surface area contributed by atoms with Crippen molar-refractivity contribution in [1.29, 1.82) is 0 Å². The first-order valence-electron chi connectivity index (χ1n) is 22.3. The van der Waals surface area contributed by atoms with Crippen LogP contribution in [-0.4, -0.2) is 49.0 Å². The molecule has 0 unspecified atom stereocenters. The number of rotatable bonds is 17. The maximum Gasteiger partial charge on any atom is 0.325 e. The van der Waals surface area contributed by atoms with E-state index in [1.54, 1.807) is 23.9 Å². The van der Waals surface area contributed by atoms with Crippen molar-refractivity contribution in [2.45, 2.75) is 104 Å². The van der Waals surface area contributed by atoms with Crippen molar-refractivity contribution in [3.63, 3.8) is 0 Å². The number of carbonyl (C=O) groups is 2. The number of carboxylic acids is 1. The first kappa shape index (κ1) is 51.7. The summed E-state index contributed by atoms with van der Waals surface area (Å²) in [6, 6.07) is 12.3. The van der Waals surface area contributed by atoms with E-state index in [-0.39, 0.29) is 52.5 Å². The second-order valence-corrected chi connectivity index (χ2v) is 17.5. The molecule has 0 aromatic heterocycles. The third-order valence-corrected chi connectivity index (χ3v) is 12.2. The van der Waals surface area contributed by atoms with Crippen LogP contribution in [0.3, 0.4) is 0 Å². The second kappa shape index (κ2) is 23.0. The van der Waals surface area contributed by atoms with Crippen LogP contribution < -0.4 is 36.4 Å². The molecule has 2 aliphatic heterocycles. The minimum atomic E-state index is -1.00. The molecule has 2 heterocycles. The fourth-order valence-electron chi connectivity index (χ4n) is 8.63. The first-order chi connectivity index (χ1) is 32.7. The lowest BCUT2D eigenvalue weighted by Crippen LogP contribution is -2.38. The van der Waals surface area contributed by atoms with Crippen LogP contribution in [-0.2, 0) is 25.3 Å². The number of aryl methyl sites for hydroxylation is 2. The average molecular weight is 943 g/mol. The number of carbonyl (C=O) groups excluding carboxylic acids is 1. The van der Waals surface area contributed by atoms with Crippen molar-refractivity contribution in [1.82, 2.24) is 4.89 Å². The zero-order valence-corrected chi connectivity index (χ0v) is 39.6. The number of halogens is 1. The Hall–Kier alpha value is -7.26. The van der Waals surface area contributed by atoms with Crippen LogP contribution in [0.4, 0.5) is 15.8 Å². The number of unbranched alkanes of at least 4 members (excludes halogenated alkanes) is 4. The molecule has 2 N–H and O–H groups in total. The number of hydrogen-bond donors (Lipinski definition) is 3. The van der Waals surface area contributed by atoms with Crippen molar-refractivity contribution in [2.75, 3.05) is 30.0 Å². The van der Waals surface area contributed by atoms with Crippen molar-refractivity contribution in [2.24, 2.45) is 0 Å². The van der Waals surface area contributed by atoms with Gasteiger partial charge in [-0.15, -0.1) is 0 Å². The molecule has 0 aliphatic carbocycles. The topological polar surface area (TPSA) is 204 Å². The summed E-state index contributed by atoms with van der Waals surface area (Å²) in [7, 11) is -1.00. The zero-order chi connectivity index (χ0) is 51.4. The predicted octanol–water partition coefficient (Wildman–Crippen LogP) is 8.14. The van der Waals surface area contributed by atoms with Gasteiger partial charge in [-0.3, -0.25) is 44.9 Å². The molecule has 4 aromatic carbocycles. The van der Waals surface area contributed by atoms with Crippen LogP contribution in [0.15, 0.2) is 67.0 Å². The number of nitrogens with zero attached hydrogens (tertiary/aromatic N) is 6. The van der Waals surface area contributed by atoms with Crippen LogP contribution in [0.25, 0.3) is 44.1 Å². The highest BCUT2D eigenvalue weighted by molar-refractivity contribution is 7.77. The van der Waals surface area contributed by atoms with Crippen LogP contribution in [0.1, 0.15) is 125 Å². The second-order valence-electron chi connectivity index (χ2n) is 17.3. The van der Waals surface area contributed by atoms with E-state index in [9.17, 15) is 44.0 Å². The number of alkyl halides is 1. The predicted molar refractivity (Wildman–Crippen MR) is 268 cm³/mol. The SMILES string of the molecule is [2H]CF.[C-]#[N+]C(=C=[N-])c1c(C=C2N(CCCCCC(=O)O)c3ccc(C)cc3C2(C)C)c(=O)c1=O.[C-]#[N+]C(=C=[N-])c1c(C=C2N(CCCCCC(=O)ONS)c3ccc(C)cc3C2(C)C)c(=O)c1=O. The van der Waals surface area contributed by atoms with Gasteiger partial charge in [0.15, 0.2) is 0 Å². The summed E-state index contributed by atoms with van der Waals surface area (Å²) in [4.78, 5) is 88.4. The normalized spacial score (nSPS) is 15.1. The van der Waals surface area contributed by atoms with Gasteiger partial charge >= 0.3 is 11.9 Å². The third-order valence-electron chi connectivity index (χ3n) is 12.2. The van der Waals surface area contributed by atoms with Gasteiger partial charge in [0, 0.05) is 81.8 Å². The van der Waals surface area contributed by atoms with Crippen molar-refractivity contribution < 1.29 is 25.3 Å². The first-order valence-corrected chi connectivity index (χ1v) is 22.0. The van der Waals surface area contributed by atoms with Crippen LogP contribution in [0.2, 0.25) is 0 Å². The van der Waals surface area contributed by atoms with Gasteiger partial charge in [-0.05, 0) is 74.9 Å². The molecule has 17 heteroatoms. The van der Waals surface area contributed by atoms with Crippen LogP contribution in [0.5, 0.6) is 0 Å². The molecular weight excluding hydrogens is 890 g/mol. The van der Waals surface area contributed by atoms with Gasteiger partial charge < -0.3 is 30.6 Å². The molecule has 6 rings (SSSR count). The molecular formula is C51H52FN7O8S-2. The summed E-state index contributed by atoms with van der Waals surface area (Å²) in [5.74, 6) is 2.25. The zero-order valence-electron chi connectivity index (χ0n) is 39.7. The van der Waals surface area contributed by atoms with E-state index in [1.807, 2.05) is 65.8 Å². The molecule has 0 bridgehead atoms. The van der Waals surface area contributed by atoms with Gasteiger partial charge in [0.1, 0.15) is 0 Å². The number of aliphatic carboxylic acids is 1. The number of anilines is 2. The summed E-state index contributed by atoms with van der Waals surface area (Å²) in [5.41, 5.74) is 3.40. The largest absolute Gasteiger partial charge is 0.775 e. The number of benzene rings is 2. The summed E-state index contributed by atoms with van der Waals surface area (Å²) < 4.78 is 15.5. The monoisotopic (exact) mass is 942 g/mol. The minimum absolute atomic E-state index is 0.103. The van der Waals surface area contributed by atoms with Gasteiger partial charge in [-0.1, -0.05) is 93.6 Å². The van der Waals surface area contributed by atoms with Gasteiger partial charge in [-0.25, -0.2) is 9.69 Å². The standard InChI is InChI=1S/C25H25N4O4S.C25H24N3O4.CH3F/c1-15-9-10-19-17(12-15)25(2,3)20(29(19)11-7-5-6-8-21(30)33-28-34)13-16-22(18(14-26)27-4)24(32)23(16)31;1-15-9-10-19-17(12-15)25(2,3)20(28(19)11-7-5-6-8-21(29)30)13-16-22(18(14-26)27-4)24(32)23(16)31;1-2/h9-10,12-13,28,34H,5-8,11H2,1-3H3;9-10,12-13H,5-8,11H2,1-3H3,(H,29,30);1H3/q2*-1;/i;;1D. The highest BCUT2D eigenvalue weighted by atomic mass is 32.1. The Morgan fingerprint density at radius 1 is 0.765 bits per heavy atom. The van der Waals surface area contributed by atoms with Crippen molar-refractivity contribution in [3.05, 3.63) is 167 Å². The number of carboxylic acid groups (broad SMARTS) is 1. The van der Waals surface area contributed by atoms with E-state index in [4.69, 9.17) is 19.6 Å². The van der Waals surface area contributed by atoms with E-state index in [2.05, 4.69) is 54.2 Å². The lowest BCUT2D eigenvalue weighted by Gasteiger charge is -2.28. The fourth-order valence-corrected chi connectivity index (χ4v) is 8.73. The maximum atomic E-state index is 12.4. The molecule has 0 spiro atoms. The van der Waals surface area contributed by atoms with E-state index in [0.29, 0.717) is 25.9 Å². The summed E-state index contributed by atoms with van der Waals surface area (Å²) in [6.45, 7) is 27.8. The van der Waals surface area contributed by atoms with Crippen LogP contribution >= 0.6 is 12.8 Å². The smallest absolute Gasteiger partial charge is 0.325 e. The number of thiol groups is 1. The van der Waals surface area contributed by atoms with E-state index in [1.165, 1.54) is 0 Å². The highest BCUT2D eigenvalue weighted by Gasteiger charge is 2.42. The Labute approximate surface area is 400 Å². The Morgan fingerprint density at radius 3 is 1.51 bits per heavy atom. The lowest BCUT2D eigenvalue weighted by molar-refractivity contribution is -0.146. The molecule has 0 atom stereocenters. The number of fused-ring (bicyclic) bond motifs is 2. The molecule has 2 aliphatic rings. The Morgan fingerprint density at radius 2 is 1.16 bits per heavy atom. The average Bonchev–Trinajstić information content (AvgIpc) is 3.65. The summed E-state index contributed by atoms with van der Waals surface area (Å²) in [5, 5.41) is 27.3. The fraction of sp³-hybridized carbons (Fsp3) is 0.373. The van der Waals surface area contributed by atoms with Gasteiger partial charge in [0.2, 0.25) is 33.1 Å². The number of hydrogen-bond acceptors (Lipinski definition) is 11. The maximum absolute atomic E-state index is 12.4. The molecule has 15 nitrogen and oxygen atoms in total. The number of nitrogens with one attached hydrogen (secondary N) is 1. The van der Waals surface area contributed by atoms with Crippen molar-refractivity contribution in [3.8, 4) is 0 Å². The lowest BCUT2D eigenvalue weighted by atomic mass is 9.82. The Bertz CT molecular complexity index is 3040. The molecule has 0 saturated carbocycles. The van der Waals surface area contributed by atoms with Gasteiger partial charge in [-0.2, -0.15) is 0 Å². The number of allylic oxidation sites excluding steroid dienone is 2. The molecule has 68 heavy (non-hydrogen) atoms. The molecule has 0 fully saturated rings. The van der Waals surface area contributed by atoms with Gasteiger partial charge in [0.05, 0.1) is 21.7 Å². The molecule has 0 radical (unpaired) electrons. The highest BCUT2D eigenvalue weighted by Crippen LogP contribution is 2.50. The van der Waals surface area contributed by atoms with Gasteiger partial charge in [0.25, 0.3) is 0 Å². The Balaban J connectivity index is 0.000000285. The quantitative estimate of drug-likeness (QED) is 0.0230.